The SMILES string of the molecule is Cc1ccc(NC(=O)C(C)Oc2ccccc2)cc1C. The normalized spacial score (nSPS) is 11.8. The van der Waals surface area contributed by atoms with Crippen LogP contribution in [0.25, 0.3) is 0 Å². The Morgan fingerprint density at radius 2 is 1.75 bits per heavy atom. The molecule has 3 heteroatoms. The van der Waals surface area contributed by atoms with Gasteiger partial charge in [-0.25, -0.2) is 0 Å². The van der Waals surface area contributed by atoms with E-state index in [0.717, 1.165) is 11.3 Å². The van der Waals surface area contributed by atoms with Gasteiger partial charge in [0.1, 0.15) is 5.75 Å². The molecule has 0 radical (unpaired) electrons. The van der Waals surface area contributed by atoms with Crippen molar-refractivity contribution < 1.29 is 9.53 Å². The lowest BCUT2D eigenvalue weighted by Crippen LogP contribution is -2.30. The molecule has 2 aromatic rings. The third kappa shape index (κ3) is 3.60. The summed E-state index contributed by atoms with van der Waals surface area (Å²) in [7, 11) is 0. The summed E-state index contributed by atoms with van der Waals surface area (Å²) in [6.45, 7) is 5.81. The fourth-order valence-corrected chi connectivity index (χ4v) is 1.82. The van der Waals surface area contributed by atoms with Gasteiger partial charge in [-0.15, -0.1) is 0 Å². The molecular formula is C17H19NO2. The molecule has 0 aromatic heterocycles. The zero-order chi connectivity index (χ0) is 14.5. The molecule has 1 unspecified atom stereocenters. The number of ether oxygens (including phenoxy) is 1. The molecule has 0 saturated heterocycles. The molecule has 20 heavy (non-hydrogen) atoms. The summed E-state index contributed by atoms with van der Waals surface area (Å²) in [4.78, 5) is 12.1. The fourth-order valence-electron chi connectivity index (χ4n) is 1.82. The Morgan fingerprint density at radius 1 is 1.05 bits per heavy atom. The molecule has 0 aliphatic rings. The molecule has 0 bridgehead atoms. The fraction of sp³-hybridized carbons (Fsp3) is 0.235. The zero-order valence-electron chi connectivity index (χ0n) is 12.0. The Kier molecular flexibility index (Phi) is 4.41. The van der Waals surface area contributed by atoms with Crippen LogP contribution in [0, 0.1) is 13.8 Å². The number of amides is 1. The van der Waals surface area contributed by atoms with E-state index in [1.54, 1.807) is 6.92 Å². The maximum atomic E-state index is 12.1. The van der Waals surface area contributed by atoms with Crippen molar-refractivity contribution >= 4 is 11.6 Å². The molecule has 0 aliphatic heterocycles. The Morgan fingerprint density at radius 3 is 2.40 bits per heavy atom. The number of carbonyl (C=O) groups excluding carboxylic acids is 1. The van der Waals surface area contributed by atoms with Crippen molar-refractivity contribution in [3.05, 3.63) is 59.7 Å². The van der Waals surface area contributed by atoms with E-state index in [9.17, 15) is 4.79 Å². The summed E-state index contributed by atoms with van der Waals surface area (Å²) in [6.07, 6.45) is -0.543. The Bertz CT molecular complexity index is 593. The lowest BCUT2D eigenvalue weighted by molar-refractivity contribution is -0.122. The third-order valence-corrected chi connectivity index (χ3v) is 3.20. The molecule has 0 fully saturated rings. The van der Waals surface area contributed by atoms with Gasteiger partial charge >= 0.3 is 0 Å². The van der Waals surface area contributed by atoms with Crippen LogP contribution >= 0.6 is 0 Å². The van der Waals surface area contributed by atoms with Crippen LogP contribution in [0.15, 0.2) is 48.5 Å². The van der Waals surface area contributed by atoms with Crippen LogP contribution in [0.3, 0.4) is 0 Å². The smallest absolute Gasteiger partial charge is 0.265 e. The summed E-state index contributed by atoms with van der Waals surface area (Å²) < 4.78 is 5.59. The molecule has 0 saturated carbocycles. The highest BCUT2D eigenvalue weighted by atomic mass is 16.5. The van der Waals surface area contributed by atoms with Crippen LogP contribution < -0.4 is 10.1 Å². The predicted molar refractivity (Wildman–Crippen MR) is 81.1 cm³/mol. The van der Waals surface area contributed by atoms with Gasteiger partial charge in [0, 0.05) is 5.69 Å². The maximum absolute atomic E-state index is 12.1. The van der Waals surface area contributed by atoms with Crippen molar-refractivity contribution in [2.24, 2.45) is 0 Å². The van der Waals surface area contributed by atoms with Gasteiger partial charge in [-0.05, 0) is 56.2 Å². The first kappa shape index (κ1) is 14.1. The van der Waals surface area contributed by atoms with E-state index in [0.29, 0.717) is 5.75 Å². The predicted octanol–water partition coefficient (Wildman–Crippen LogP) is 3.71. The molecular weight excluding hydrogens is 250 g/mol. The lowest BCUT2D eigenvalue weighted by atomic mass is 10.1. The highest BCUT2D eigenvalue weighted by Gasteiger charge is 2.14. The third-order valence-electron chi connectivity index (χ3n) is 3.20. The van der Waals surface area contributed by atoms with Gasteiger partial charge in [0.05, 0.1) is 0 Å². The van der Waals surface area contributed by atoms with Gasteiger partial charge in [-0.3, -0.25) is 4.79 Å². The van der Waals surface area contributed by atoms with E-state index >= 15 is 0 Å². The van der Waals surface area contributed by atoms with E-state index in [4.69, 9.17) is 4.74 Å². The summed E-state index contributed by atoms with van der Waals surface area (Å²) in [5.41, 5.74) is 3.15. The van der Waals surface area contributed by atoms with Crippen molar-refractivity contribution in [2.45, 2.75) is 26.9 Å². The van der Waals surface area contributed by atoms with Crippen molar-refractivity contribution in [3.8, 4) is 5.75 Å². The van der Waals surface area contributed by atoms with Crippen LogP contribution in [0.4, 0.5) is 5.69 Å². The Balaban J connectivity index is 1.99. The molecule has 0 spiro atoms. The van der Waals surface area contributed by atoms with E-state index in [1.165, 1.54) is 5.56 Å². The number of para-hydroxylation sites is 1. The summed E-state index contributed by atoms with van der Waals surface area (Å²) in [5.74, 6) is 0.535. The molecule has 104 valence electrons. The second-order valence-electron chi connectivity index (χ2n) is 4.86. The van der Waals surface area contributed by atoms with E-state index in [1.807, 2.05) is 62.4 Å². The zero-order valence-corrected chi connectivity index (χ0v) is 12.0. The van der Waals surface area contributed by atoms with Gasteiger partial charge in [0.2, 0.25) is 0 Å². The number of anilines is 1. The quantitative estimate of drug-likeness (QED) is 0.919. The minimum Gasteiger partial charge on any atom is -0.481 e. The van der Waals surface area contributed by atoms with Gasteiger partial charge in [0.15, 0.2) is 6.10 Å². The minimum atomic E-state index is -0.543. The van der Waals surface area contributed by atoms with Gasteiger partial charge < -0.3 is 10.1 Å². The van der Waals surface area contributed by atoms with Crippen molar-refractivity contribution in [3.63, 3.8) is 0 Å². The average molecular weight is 269 g/mol. The van der Waals surface area contributed by atoms with E-state index < -0.39 is 6.10 Å². The van der Waals surface area contributed by atoms with Crippen LogP contribution in [-0.2, 0) is 4.79 Å². The van der Waals surface area contributed by atoms with Gasteiger partial charge in [-0.1, -0.05) is 24.3 Å². The molecule has 1 amide bonds. The average Bonchev–Trinajstić information content (AvgIpc) is 2.44. The minimum absolute atomic E-state index is 0.155. The van der Waals surface area contributed by atoms with Gasteiger partial charge in [0.25, 0.3) is 5.91 Å². The summed E-state index contributed by atoms with van der Waals surface area (Å²) in [6, 6.07) is 15.2. The number of rotatable bonds is 4. The van der Waals surface area contributed by atoms with Crippen molar-refractivity contribution in [1.29, 1.82) is 0 Å². The number of benzene rings is 2. The largest absolute Gasteiger partial charge is 0.481 e. The molecule has 2 rings (SSSR count). The van der Waals surface area contributed by atoms with Crippen LogP contribution in [0.1, 0.15) is 18.1 Å². The molecule has 0 aliphatic carbocycles. The summed E-state index contributed by atoms with van der Waals surface area (Å²) in [5, 5.41) is 2.87. The molecule has 1 atom stereocenters. The van der Waals surface area contributed by atoms with E-state index in [2.05, 4.69) is 5.32 Å². The maximum Gasteiger partial charge on any atom is 0.265 e. The standard InChI is InChI=1S/C17H19NO2/c1-12-9-10-15(11-13(12)2)18-17(19)14(3)20-16-7-5-4-6-8-16/h4-11,14H,1-3H3,(H,18,19). The second kappa shape index (κ2) is 6.24. The Hall–Kier alpha value is -2.29. The van der Waals surface area contributed by atoms with Crippen molar-refractivity contribution in [1.82, 2.24) is 0 Å². The first-order valence-electron chi connectivity index (χ1n) is 6.66. The number of aryl methyl sites for hydroxylation is 2. The first-order chi connectivity index (χ1) is 9.56. The second-order valence-corrected chi connectivity index (χ2v) is 4.86. The van der Waals surface area contributed by atoms with Crippen molar-refractivity contribution in [2.75, 3.05) is 5.32 Å². The van der Waals surface area contributed by atoms with Crippen LogP contribution in [-0.4, -0.2) is 12.0 Å². The van der Waals surface area contributed by atoms with Crippen LogP contribution in [0.5, 0.6) is 5.75 Å². The highest BCUT2D eigenvalue weighted by Crippen LogP contribution is 2.16. The van der Waals surface area contributed by atoms with Gasteiger partial charge in [-0.2, -0.15) is 0 Å². The molecule has 3 nitrogen and oxygen atoms in total. The molecule has 0 heterocycles. The number of nitrogens with one attached hydrogen (secondary N) is 1. The lowest BCUT2D eigenvalue weighted by Gasteiger charge is -2.15. The topological polar surface area (TPSA) is 38.3 Å². The summed E-state index contributed by atoms with van der Waals surface area (Å²) >= 11 is 0. The Labute approximate surface area is 119 Å². The monoisotopic (exact) mass is 269 g/mol. The molecule has 2 aromatic carbocycles. The highest BCUT2D eigenvalue weighted by molar-refractivity contribution is 5.94. The number of hydrogen-bond acceptors (Lipinski definition) is 2. The first-order valence-corrected chi connectivity index (χ1v) is 6.66. The molecule has 1 N–H and O–H groups in total. The van der Waals surface area contributed by atoms with Crippen LogP contribution in [0.2, 0.25) is 0 Å². The van der Waals surface area contributed by atoms with E-state index in [-0.39, 0.29) is 5.91 Å². The number of carbonyl (C=O) groups is 1. The number of hydrogen-bond donors (Lipinski definition) is 1.